The van der Waals surface area contributed by atoms with Crippen molar-refractivity contribution in [3.8, 4) is 11.5 Å². The Kier molecular flexibility index (Phi) is 4.35. The molecule has 1 aliphatic rings. The fourth-order valence-electron chi connectivity index (χ4n) is 2.70. The SMILES string of the molecule is COc1ccc(C(=O)NCC2(C(=O)O)CCCC2)cc1O. The van der Waals surface area contributed by atoms with Crippen LogP contribution in [-0.4, -0.2) is 35.7 Å². The van der Waals surface area contributed by atoms with E-state index in [0.29, 0.717) is 12.8 Å². The number of carbonyl (C=O) groups excluding carboxylic acids is 1. The lowest BCUT2D eigenvalue weighted by Crippen LogP contribution is -2.41. The Labute approximate surface area is 122 Å². The van der Waals surface area contributed by atoms with Gasteiger partial charge in [0.1, 0.15) is 0 Å². The molecule has 1 saturated carbocycles. The largest absolute Gasteiger partial charge is 0.504 e. The van der Waals surface area contributed by atoms with Crippen molar-refractivity contribution >= 4 is 11.9 Å². The van der Waals surface area contributed by atoms with E-state index < -0.39 is 17.3 Å². The van der Waals surface area contributed by atoms with Crippen molar-refractivity contribution in [2.75, 3.05) is 13.7 Å². The van der Waals surface area contributed by atoms with Crippen molar-refractivity contribution < 1.29 is 24.5 Å². The summed E-state index contributed by atoms with van der Waals surface area (Å²) in [5, 5.41) is 21.7. The van der Waals surface area contributed by atoms with E-state index in [2.05, 4.69) is 5.32 Å². The van der Waals surface area contributed by atoms with Crippen LogP contribution in [0.15, 0.2) is 18.2 Å². The molecule has 1 aromatic carbocycles. The molecular weight excluding hydrogens is 274 g/mol. The van der Waals surface area contributed by atoms with Crippen LogP contribution in [-0.2, 0) is 4.79 Å². The van der Waals surface area contributed by atoms with Crippen LogP contribution < -0.4 is 10.1 Å². The Morgan fingerprint density at radius 2 is 2.00 bits per heavy atom. The molecule has 0 bridgehead atoms. The number of carboxylic acid groups (broad SMARTS) is 1. The number of hydrogen-bond donors (Lipinski definition) is 3. The summed E-state index contributed by atoms with van der Waals surface area (Å²) in [5.74, 6) is -1.11. The standard InChI is InChI=1S/C15H19NO5/c1-21-12-5-4-10(8-11(12)17)13(18)16-9-15(14(19)20)6-2-3-7-15/h4-5,8,17H,2-3,6-7,9H2,1H3,(H,16,18)(H,19,20). The average molecular weight is 293 g/mol. The number of aliphatic carboxylic acids is 1. The van der Waals surface area contributed by atoms with Crippen LogP contribution >= 0.6 is 0 Å². The molecule has 6 nitrogen and oxygen atoms in total. The van der Waals surface area contributed by atoms with E-state index in [1.54, 1.807) is 0 Å². The molecule has 21 heavy (non-hydrogen) atoms. The van der Waals surface area contributed by atoms with E-state index in [1.807, 2.05) is 0 Å². The van der Waals surface area contributed by atoms with Crippen molar-refractivity contribution in [2.24, 2.45) is 5.41 Å². The number of nitrogens with one attached hydrogen (secondary N) is 1. The number of phenols is 1. The van der Waals surface area contributed by atoms with Gasteiger partial charge in [-0.15, -0.1) is 0 Å². The summed E-state index contributed by atoms with van der Waals surface area (Å²) in [5.41, 5.74) is -0.587. The summed E-state index contributed by atoms with van der Waals surface area (Å²) in [7, 11) is 1.42. The minimum atomic E-state index is -0.863. The monoisotopic (exact) mass is 293 g/mol. The maximum Gasteiger partial charge on any atom is 0.311 e. The number of carboxylic acids is 1. The fourth-order valence-corrected chi connectivity index (χ4v) is 2.70. The number of aromatic hydroxyl groups is 1. The van der Waals surface area contributed by atoms with Gasteiger partial charge in [0.25, 0.3) is 5.91 Å². The third-order valence-corrected chi connectivity index (χ3v) is 4.04. The number of rotatable bonds is 5. The molecule has 0 saturated heterocycles. The number of phenolic OH excluding ortho intramolecular Hbond substituents is 1. The molecule has 114 valence electrons. The van der Waals surface area contributed by atoms with Gasteiger partial charge in [-0.25, -0.2) is 0 Å². The van der Waals surface area contributed by atoms with Crippen LogP contribution in [0.25, 0.3) is 0 Å². The van der Waals surface area contributed by atoms with E-state index in [1.165, 1.54) is 25.3 Å². The van der Waals surface area contributed by atoms with Gasteiger partial charge in [0.2, 0.25) is 0 Å². The molecule has 1 aliphatic carbocycles. The molecule has 0 unspecified atom stereocenters. The molecule has 6 heteroatoms. The highest BCUT2D eigenvalue weighted by molar-refractivity contribution is 5.95. The maximum atomic E-state index is 12.1. The van der Waals surface area contributed by atoms with Gasteiger partial charge in [0.05, 0.1) is 12.5 Å². The van der Waals surface area contributed by atoms with Crippen molar-refractivity contribution in [1.82, 2.24) is 5.32 Å². The number of amides is 1. The summed E-state index contributed by atoms with van der Waals surface area (Å²) in [6.07, 6.45) is 2.89. The molecule has 3 N–H and O–H groups in total. The number of ether oxygens (including phenoxy) is 1. The van der Waals surface area contributed by atoms with Crippen LogP contribution in [0.4, 0.5) is 0 Å². The molecule has 0 heterocycles. The first-order valence-corrected chi connectivity index (χ1v) is 6.87. The van der Waals surface area contributed by atoms with Crippen molar-refractivity contribution in [2.45, 2.75) is 25.7 Å². The molecular formula is C15H19NO5. The summed E-state index contributed by atoms with van der Waals surface area (Å²) in [4.78, 5) is 23.5. The molecule has 0 spiro atoms. The quantitative estimate of drug-likeness (QED) is 0.769. The predicted octanol–water partition coefficient (Wildman–Crippen LogP) is 1.78. The molecule has 1 fully saturated rings. The molecule has 0 atom stereocenters. The number of hydrogen-bond acceptors (Lipinski definition) is 4. The van der Waals surface area contributed by atoms with Gasteiger partial charge in [0, 0.05) is 12.1 Å². The van der Waals surface area contributed by atoms with Crippen LogP contribution in [0.5, 0.6) is 11.5 Å². The summed E-state index contributed by atoms with van der Waals surface area (Å²) < 4.78 is 4.91. The second kappa shape index (κ2) is 6.03. The highest BCUT2D eigenvalue weighted by Crippen LogP contribution is 2.37. The normalized spacial score (nSPS) is 16.4. The number of carbonyl (C=O) groups is 2. The predicted molar refractivity (Wildman–Crippen MR) is 75.5 cm³/mol. The van der Waals surface area contributed by atoms with E-state index in [9.17, 15) is 19.8 Å². The Hall–Kier alpha value is -2.24. The zero-order valence-electron chi connectivity index (χ0n) is 11.9. The molecule has 0 aromatic heterocycles. The van der Waals surface area contributed by atoms with Gasteiger partial charge in [-0.05, 0) is 31.0 Å². The minimum Gasteiger partial charge on any atom is -0.504 e. The second-order valence-corrected chi connectivity index (χ2v) is 5.36. The number of methoxy groups -OCH3 is 1. The van der Waals surface area contributed by atoms with Crippen LogP contribution in [0.1, 0.15) is 36.0 Å². The zero-order chi connectivity index (χ0) is 15.5. The summed E-state index contributed by atoms with van der Waals surface area (Å²) in [6.45, 7) is 0.105. The molecule has 0 aliphatic heterocycles. The first-order valence-electron chi connectivity index (χ1n) is 6.87. The Morgan fingerprint density at radius 3 is 2.52 bits per heavy atom. The van der Waals surface area contributed by atoms with E-state index >= 15 is 0 Å². The van der Waals surface area contributed by atoms with Crippen LogP contribution in [0, 0.1) is 5.41 Å². The van der Waals surface area contributed by atoms with Gasteiger partial charge < -0.3 is 20.3 Å². The maximum absolute atomic E-state index is 12.1. The lowest BCUT2D eigenvalue weighted by Gasteiger charge is -2.24. The second-order valence-electron chi connectivity index (χ2n) is 5.36. The van der Waals surface area contributed by atoms with Gasteiger partial charge in [-0.1, -0.05) is 12.8 Å². The third-order valence-electron chi connectivity index (χ3n) is 4.04. The topological polar surface area (TPSA) is 95.9 Å². The summed E-state index contributed by atoms with van der Waals surface area (Å²) in [6, 6.07) is 4.32. The Bertz CT molecular complexity index is 549. The Morgan fingerprint density at radius 1 is 1.33 bits per heavy atom. The molecule has 0 radical (unpaired) electrons. The number of benzene rings is 1. The van der Waals surface area contributed by atoms with Gasteiger partial charge >= 0.3 is 5.97 Å². The molecule has 1 amide bonds. The van der Waals surface area contributed by atoms with Gasteiger partial charge in [-0.3, -0.25) is 9.59 Å². The van der Waals surface area contributed by atoms with Gasteiger partial charge in [-0.2, -0.15) is 0 Å². The first-order chi connectivity index (χ1) is 9.98. The van der Waals surface area contributed by atoms with Crippen molar-refractivity contribution in [3.05, 3.63) is 23.8 Å². The highest BCUT2D eigenvalue weighted by Gasteiger charge is 2.41. The highest BCUT2D eigenvalue weighted by atomic mass is 16.5. The third kappa shape index (κ3) is 3.09. The minimum absolute atomic E-state index is 0.105. The molecule has 1 aromatic rings. The van der Waals surface area contributed by atoms with Gasteiger partial charge in [0.15, 0.2) is 11.5 Å². The van der Waals surface area contributed by atoms with Crippen molar-refractivity contribution in [1.29, 1.82) is 0 Å². The zero-order valence-corrected chi connectivity index (χ0v) is 11.9. The summed E-state index contributed by atoms with van der Waals surface area (Å²) >= 11 is 0. The van der Waals surface area contributed by atoms with E-state index in [4.69, 9.17) is 4.74 Å². The fraction of sp³-hybridized carbons (Fsp3) is 0.467. The van der Waals surface area contributed by atoms with Crippen molar-refractivity contribution in [3.63, 3.8) is 0 Å². The van der Waals surface area contributed by atoms with Crippen LogP contribution in [0.2, 0.25) is 0 Å². The van der Waals surface area contributed by atoms with E-state index in [0.717, 1.165) is 12.8 Å². The first kappa shape index (κ1) is 15.2. The van der Waals surface area contributed by atoms with Crippen LogP contribution in [0.3, 0.4) is 0 Å². The van der Waals surface area contributed by atoms with E-state index in [-0.39, 0.29) is 23.6 Å². The lowest BCUT2D eigenvalue weighted by atomic mass is 9.86. The smallest absolute Gasteiger partial charge is 0.311 e. The average Bonchev–Trinajstić information content (AvgIpc) is 2.95. The Balaban J connectivity index is 2.04. The molecule has 2 rings (SSSR count). The lowest BCUT2D eigenvalue weighted by molar-refractivity contribution is -0.148.